The second-order valence-electron chi connectivity index (χ2n) is 9.45. The molecule has 3 N–H and O–H groups in total. The van der Waals surface area contributed by atoms with E-state index in [2.05, 4.69) is 15.1 Å². The van der Waals surface area contributed by atoms with Crippen LogP contribution in [0.3, 0.4) is 0 Å². The minimum absolute atomic E-state index is 0.217. The molecule has 0 spiro atoms. The number of benzene rings is 2. The molecule has 2 aliphatic rings. The van der Waals surface area contributed by atoms with Gasteiger partial charge in [-0.2, -0.15) is 0 Å². The summed E-state index contributed by atoms with van der Waals surface area (Å²) in [6.07, 6.45) is 3.34. The molecule has 2 aromatic rings. The number of hydrogen-bond acceptors (Lipinski definition) is 6. The van der Waals surface area contributed by atoms with Crippen molar-refractivity contribution >= 4 is 11.9 Å². The van der Waals surface area contributed by atoms with Crippen molar-refractivity contribution in [3.8, 4) is 5.75 Å². The molecule has 188 valence electrons. The number of aliphatic hydroxyl groups is 1. The van der Waals surface area contributed by atoms with Crippen molar-refractivity contribution in [2.45, 2.75) is 44.4 Å². The summed E-state index contributed by atoms with van der Waals surface area (Å²) in [4.78, 5) is 28.6. The van der Waals surface area contributed by atoms with E-state index in [0.717, 1.165) is 43.9 Å². The van der Waals surface area contributed by atoms with E-state index in [1.807, 2.05) is 24.3 Å². The highest BCUT2D eigenvalue weighted by Gasteiger charge is 2.27. The van der Waals surface area contributed by atoms with E-state index in [4.69, 9.17) is 9.84 Å². The Morgan fingerprint density at radius 1 is 0.914 bits per heavy atom. The second kappa shape index (κ2) is 12.2. The van der Waals surface area contributed by atoms with Crippen LogP contribution in [-0.2, 0) is 6.54 Å². The Morgan fingerprint density at radius 3 is 2.26 bits per heavy atom. The van der Waals surface area contributed by atoms with Gasteiger partial charge >= 0.3 is 5.97 Å². The number of carbonyl (C=O) groups is 2. The number of carboxylic acid groups (broad SMARTS) is 1. The van der Waals surface area contributed by atoms with Gasteiger partial charge in [-0.1, -0.05) is 12.1 Å². The zero-order valence-electron chi connectivity index (χ0n) is 20.1. The van der Waals surface area contributed by atoms with Crippen molar-refractivity contribution in [2.75, 3.05) is 39.3 Å². The molecule has 8 heteroatoms. The highest BCUT2D eigenvalue weighted by atomic mass is 16.5. The Hall–Kier alpha value is -2.94. The first-order chi connectivity index (χ1) is 17.0. The maximum absolute atomic E-state index is 12.9. The third-order valence-electron chi connectivity index (χ3n) is 6.81. The largest absolute Gasteiger partial charge is 0.492 e. The van der Waals surface area contributed by atoms with Gasteiger partial charge in [0, 0.05) is 25.2 Å². The number of carboxylic acids is 1. The lowest BCUT2D eigenvalue weighted by atomic mass is 10.1. The van der Waals surface area contributed by atoms with Crippen LogP contribution in [0.4, 0.5) is 0 Å². The lowest BCUT2D eigenvalue weighted by Gasteiger charge is -2.27. The third-order valence-corrected chi connectivity index (χ3v) is 6.81. The van der Waals surface area contributed by atoms with E-state index in [1.54, 1.807) is 24.3 Å². The van der Waals surface area contributed by atoms with Gasteiger partial charge in [-0.3, -0.25) is 14.6 Å². The fourth-order valence-corrected chi connectivity index (χ4v) is 4.77. The summed E-state index contributed by atoms with van der Waals surface area (Å²) in [7, 11) is 0. The van der Waals surface area contributed by atoms with Gasteiger partial charge in [0.05, 0.1) is 17.7 Å². The first-order valence-electron chi connectivity index (χ1n) is 12.5. The minimum Gasteiger partial charge on any atom is -0.492 e. The van der Waals surface area contributed by atoms with Crippen LogP contribution in [0.2, 0.25) is 0 Å². The highest BCUT2D eigenvalue weighted by Crippen LogP contribution is 2.17. The van der Waals surface area contributed by atoms with Gasteiger partial charge in [0.15, 0.2) is 0 Å². The summed E-state index contributed by atoms with van der Waals surface area (Å²) >= 11 is 0. The molecule has 0 radical (unpaired) electrons. The van der Waals surface area contributed by atoms with Crippen molar-refractivity contribution in [2.24, 2.45) is 0 Å². The molecule has 8 nitrogen and oxygen atoms in total. The van der Waals surface area contributed by atoms with E-state index in [9.17, 15) is 14.7 Å². The Balaban J connectivity index is 1.29. The van der Waals surface area contributed by atoms with Crippen LogP contribution >= 0.6 is 0 Å². The van der Waals surface area contributed by atoms with E-state index < -0.39 is 12.1 Å². The fourth-order valence-electron chi connectivity index (χ4n) is 4.77. The van der Waals surface area contributed by atoms with Crippen molar-refractivity contribution in [3.63, 3.8) is 0 Å². The zero-order chi connectivity index (χ0) is 24.6. The van der Waals surface area contributed by atoms with Crippen LogP contribution < -0.4 is 10.1 Å². The van der Waals surface area contributed by atoms with Crippen LogP contribution in [0, 0.1) is 0 Å². The number of nitrogens with zero attached hydrogens (tertiary/aromatic N) is 2. The van der Waals surface area contributed by atoms with E-state index in [-0.39, 0.29) is 17.5 Å². The molecule has 1 amide bonds. The number of rotatable bonds is 9. The Labute approximate surface area is 206 Å². The zero-order valence-corrected chi connectivity index (χ0v) is 20.1. The Kier molecular flexibility index (Phi) is 8.74. The van der Waals surface area contributed by atoms with Crippen molar-refractivity contribution in [1.29, 1.82) is 0 Å². The molecule has 0 aliphatic carbocycles. The molecule has 4 rings (SSSR count). The highest BCUT2D eigenvalue weighted by molar-refractivity contribution is 5.94. The normalized spacial score (nSPS) is 21.4. The minimum atomic E-state index is -0.945. The molecule has 2 aliphatic heterocycles. The predicted molar refractivity (Wildman–Crippen MR) is 133 cm³/mol. The molecule has 2 saturated heterocycles. The van der Waals surface area contributed by atoms with E-state index in [0.29, 0.717) is 31.7 Å². The number of nitrogens with one attached hydrogen (secondary N) is 1. The average Bonchev–Trinajstić information content (AvgIpc) is 3.31. The molecule has 2 aromatic carbocycles. The second-order valence-corrected chi connectivity index (χ2v) is 9.45. The van der Waals surface area contributed by atoms with Crippen LogP contribution in [-0.4, -0.2) is 83.4 Å². The summed E-state index contributed by atoms with van der Waals surface area (Å²) < 4.78 is 5.82. The first-order valence-corrected chi connectivity index (χ1v) is 12.5. The van der Waals surface area contributed by atoms with Gasteiger partial charge in [-0.05, 0) is 87.3 Å². The summed E-state index contributed by atoms with van der Waals surface area (Å²) in [5.74, 6) is -0.417. The topological polar surface area (TPSA) is 102 Å². The quantitative estimate of drug-likeness (QED) is 0.506. The average molecular weight is 482 g/mol. The van der Waals surface area contributed by atoms with E-state index >= 15 is 0 Å². The maximum Gasteiger partial charge on any atom is 0.335 e. The third kappa shape index (κ3) is 7.27. The fraction of sp³-hybridized carbons (Fsp3) is 0.481. The van der Waals surface area contributed by atoms with E-state index in [1.165, 1.54) is 12.8 Å². The van der Waals surface area contributed by atoms with Crippen molar-refractivity contribution < 1.29 is 24.5 Å². The summed E-state index contributed by atoms with van der Waals surface area (Å²) in [6, 6.07) is 13.6. The van der Waals surface area contributed by atoms with Crippen LogP contribution in [0.15, 0.2) is 48.5 Å². The summed E-state index contributed by atoms with van der Waals surface area (Å²) in [5.41, 5.74) is 1.79. The standard InChI is InChI=1S/C27H35N3O5/c31-25-4-3-15-30(18-20-5-7-22(8-6-20)27(33)34)19-24(25)28-26(32)21-9-11-23(12-10-21)35-17-16-29-13-1-2-14-29/h5-12,24-25,31H,1-4,13-19H2,(H,28,32)(H,33,34)/t24-,25-/m1/s1. The van der Waals surface area contributed by atoms with Crippen LogP contribution in [0.5, 0.6) is 5.75 Å². The van der Waals surface area contributed by atoms with Gasteiger partial charge in [0.1, 0.15) is 12.4 Å². The molecule has 0 bridgehead atoms. The van der Waals surface area contributed by atoms with Gasteiger partial charge in [-0.15, -0.1) is 0 Å². The van der Waals surface area contributed by atoms with Crippen LogP contribution in [0.25, 0.3) is 0 Å². The number of carbonyl (C=O) groups excluding carboxylic acids is 1. The van der Waals surface area contributed by atoms with Gasteiger partial charge in [0.2, 0.25) is 0 Å². The summed E-state index contributed by atoms with van der Waals surface area (Å²) in [5, 5.41) is 22.7. The predicted octanol–water partition coefficient (Wildman–Crippen LogP) is 2.61. The number of ether oxygens (including phenoxy) is 1. The number of hydrogen-bond donors (Lipinski definition) is 3. The van der Waals surface area contributed by atoms with Gasteiger partial charge < -0.3 is 20.3 Å². The van der Waals surface area contributed by atoms with Crippen LogP contribution in [0.1, 0.15) is 52.0 Å². The number of amides is 1. The number of aliphatic hydroxyl groups excluding tert-OH is 1. The lowest BCUT2D eigenvalue weighted by molar-refractivity contribution is 0.0696. The lowest BCUT2D eigenvalue weighted by Crippen LogP contribution is -2.48. The van der Waals surface area contributed by atoms with Crippen molar-refractivity contribution in [3.05, 3.63) is 65.2 Å². The summed E-state index contributed by atoms with van der Waals surface area (Å²) in [6.45, 7) is 5.78. The monoisotopic (exact) mass is 481 g/mol. The van der Waals surface area contributed by atoms with Crippen molar-refractivity contribution in [1.82, 2.24) is 15.1 Å². The molecular weight excluding hydrogens is 446 g/mol. The molecule has 2 fully saturated rings. The maximum atomic E-state index is 12.9. The molecule has 2 heterocycles. The molecule has 35 heavy (non-hydrogen) atoms. The number of aromatic carboxylic acids is 1. The SMILES string of the molecule is O=C(O)c1ccc(CN2CCC[C@@H](O)[C@H](NC(=O)c3ccc(OCCN4CCCC4)cc3)C2)cc1. The Morgan fingerprint density at radius 2 is 1.57 bits per heavy atom. The molecule has 2 atom stereocenters. The molecule has 0 saturated carbocycles. The van der Waals surface area contributed by atoms with Gasteiger partial charge in [-0.25, -0.2) is 4.79 Å². The Bertz CT molecular complexity index is 973. The molecule has 0 unspecified atom stereocenters. The first kappa shape index (κ1) is 25.2. The smallest absolute Gasteiger partial charge is 0.335 e. The van der Waals surface area contributed by atoms with Gasteiger partial charge in [0.25, 0.3) is 5.91 Å². The molecule has 0 aromatic heterocycles. The molecular formula is C27H35N3O5. The number of likely N-dealkylation sites (tertiary alicyclic amines) is 2.